The predicted octanol–water partition coefficient (Wildman–Crippen LogP) is 3.02. The van der Waals surface area contributed by atoms with Crippen LogP contribution in [0.3, 0.4) is 0 Å². The summed E-state index contributed by atoms with van der Waals surface area (Å²) in [5, 5.41) is 0. The van der Waals surface area contributed by atoms with Crippen LogP contribution in [0.25, 0.3) is 0 Å². The molecule has 0 spiro atoms. The third-order valence-electron chi connectivity index (χ3n) is 4.74. The van der Waals surface area contributed by atoms with E-state index in [0.717, 1.165) is 22.3 Å². The van der Waals surface area contributed by atoms with Crippen molar-refractivity contribution in [1.82, 2.24) is 9.21 Å². The summed E-state index contributed by atoms with van der Waals surface area (Å²) in [5.41, 5.74) is 4.18. The van der Waals surface area contributed by atoms with Gasteiger partial charge in [0.05, 0.1) is 11.6 Å². The Kier molecular flexibility index (Phi) is 4.90. The first kappa shape index (κ1) is 18.6. The van der Waals surface area contributed by atoms with Crippen LogP contribution in [-0.2, 0) is 10.0 Å². The van der Waals surface area contributed by atoms with Gasteiger partial charge in [-0.15, -0.1) is 0 Å². The molecule has 1 aliphatic heterocycles. The third kappa shape index (κ3) is 3.39. The molecule has 5 nitrogen and oxygen atoms in total. The van der Waals surface area contributed by atoms with Crippen molar-refractivity contribution in [2.24, 2.45) is 0 Å². The van der Waals surface area contributed by atoms with E-state index in [1.165, 1.54) is 4.31 Å². The fourth-order valence-electron chi connectivity index (χ4n) is 3.51. The maximum Gasteiger partial charge on any atom is 0.254 e. The highest BCUT2D eigenvalue weighted by Gasteiger charge is 2.35. The summed E-state index contributed by atoms with van der Waals surface area (Å²) in [6.07, 6.45) is 0. The minimum atomic E-state index is -3.63. The second kappa shape index (κ2) is 6.85. The van der Waals surface area contributed by atoms with Gasteiger partial charge in [0.25, 0.3) is 5.91 Å². The van der Waals surface area contributed by atoms with Crippen LogP contribution in [0.15, 0.2) is 41.3 Å². The maximum atomic E-state index is 13.1. The topological polar surface area (TPSA) is 57.7 Å². The van der Waals surface area contributed by atoms with Gasteiger partial charge in [0.2, 0.25) is 10.0 Å². The van der Waals surface area contributed by atoms with Gasteiger partial charge >= 0.3 is 0 Å². The lowest BCUT2D eigenvalue weighted by Crippen LogP contribution is -2.34. The molecule has 0 aromatic heterocycles. The molecule has 26 heavy (non-hydrogen) atoms. The van der Waals surface area contributed by atoms with Crippen molar-refractivity contribution < 1.29 is 13.2 Å². The van der Waals surface area contributed by atoms with Gasteiger partial charge in [-0.1, -0.05) is 35.4 Å². The van der Waals surface area contributed by atoms with Crippen molar-refractivity contribution in [3.05, 3.63) is 64.2 Å². The molecule has 1 aliphatic rings. The van der Waals surface area contributed by atoms with Gasteiger partial charge in [-0.05, 0) is 51.0 Å². The zero-order valence-electron chi connectivity index (χ0n) is 15.6. The van der Waals surface area contributed by atoms with Crippen LogP contribution in [0, 0.1) is 27.7 Å². The molecule has 1 saturated heterocycles. The van der Waals surface area contributed by atoms with E-state index in [0.29, 0.717) is 23.5 Å². The van der Waals surface area contributed by atoms with E-state index >= 15 is 0 Å². The summed E-state index contributed by atoms with van der Waals surface area (Å²) in [7, 11) is -3.63. The fraction of sp³-hybridized carbons (Fsp3) is 0.350. The second-order valence-electron chi connectivity index (χ2n) is 6.98. The Labute approximate surface area is 155 Å². The number of hydrogen-bond donors (Lipinski definition) is 0. The SMILES string of the molecule is Cc1ccc(C(=O)N2CCN(S(=O)(=O)c3c(C)cc(C)cc3C)C2)cc1. The molecule has 3 rings (SSSR count). The van der Waals surface area contributed by atoms with Crippen molar-refractivity contribution >= 4 is 15.9 Å². The van der Waals surface area contributed by atoms with Crippen LogP contribution in [0.5, 0.6) is 0 Å². The maximum absolute atomic E-state index is 13.1. The van der Waals surface area contributed by atoms with Crippen molar-refractivity contribution in [3.8, 4) is 0 Å². The highest BCUT2D eigenvalue weighted by molar-refractivity contribution is 7.89. The van der Waals surface area contributed by atoms with Crippen LogP contribution in [-0.4, -0.2) is 43.3 Å². The summed E-state index contributed by atoms with van der Waals surface area (Å²) in [6, 6.07) is 11.1. The molecular formula is C20H24N2O3S. The predicted molar refractivity (Wildman–Crippen MR) is 102 cm³/mol. The highest BCUT2D eigenvalue weighted by Crippen LogP contribution is 2.27. The van der Waals surface area contributed by atoms with Crippen molar-refractivity contribution in [2.75, 3.05) is 19.8 Å². The molecule has 138 valence electrons. The average Bonchev–Trinajstić information content (AvgIpc) is 3.04. The van der Waals surface area contributed by atoms with Gasteiger partial charge in [-0.3, -0.25) is 4.79 Å². The van der Waals surface area contributed by atoms with E-state index in [9.17, 15) is 13.2 Å². The smallest absolute Gasteiger partial charge is 0.254 e. The molecule has 0 saturated carbocycles. The van der Waals surface area contributed by atoms with Crippen LogP contribution in [0.2, 0.25) is 0 Å². The Bertz CT molecular complexity index is 927. The largest absolute Gasteiger partial charge is 0.323 e. The van der Waals surface area contributed by atoms with Gasteiger partial charge in [-0.2, -0.15) is 4.31 Å². The Balaban J connectivity index is 1.84. The van der Waals surface area contributed by atoms with E-state index < -0.39 is 10.0 Å². The number of rotatable bonds is 3. The summed E-state index contributed by atoms with van der Waals surface area (Å²) >= 11 is 0. The Hall–Kier alpha value is -2.18. The lowest BCUT2D eigenvalue weighted by molar-refractivity contribution is 0.0781. The lowest BCUT2D eigenvalue weighted by atomic mass is 10.1. The monoisotopic (exact) mass is 372 g/mol. The first-order valence-corrected chi connectivity index (χ1v) is 10.1. The number of amides is 1. The highest BCUT2D eigenvalue weighted by atomic mass is 32.2. The normalized spacial score (nSPS) is 15.5. The lowest BCUT2D eigenvalue weighted by Gasteiger charge is -2.21. The first-order valence-electron chi connectivity index (χ1n) is 8.64. The van der Waals surface area contributed by atoms with E-state index in [-0.39, 0.29) is 12.6 Å². The van der Waals surface area contributed by atoms with Crippen LogP contribution in [0.1, 0.15) is 32.6 Å². The molecule has 2 aromatic rings. The van der Waals surface area contributed by atoms with Crippen LogP contribution >= 0.6 is 0 Å². The van der Waals surface area contributed by atoms with Crippen molar-refractivity contribution in [2.45, 2.75) is 32.6 Å². The molecule has 0 atom stereocenters. The summed E-state index contributed by atoms with van der Waals surface area (Å²) in [5.74, 6) is -0.139. The Morgan fingerprint density at radius 1 is 0.885 bits per heavy atom. The van der Waals surface area contributed by atoms with Crippen LogP contribution in [0.4, 0.5) is 0 Å². The van der Waals surface area contributed by atoms with E-state index in [2.05, 4.69) is 0 Å². The van der Waals surface area contributed by atoms with Gasteiger partial charge in [-0.25, -0.2) is 8.42 Å². The molecule has 1 heterocycles. The number of aryl methyl sites for hydroxylation is 4. The number of hydrogen-bond acceptors (Lipinski definition) is 3. The number of benzene rings is 2. The number of nitrogens with zero attached hydrogens (tertiary/aromatic N) is 2. The van der Waals surface area contributed by atoms with Crippen molar-refractivity contribution in [3.63, 3.8) is 0 Å². The summed E-state index contributed by atoms with van der Waals surface area (Å²) in [4.78, 5) is 14.6. The first-order chi connectivity index (χ1) is 12.2. The van der Waals surface area contributed by atoms with Gasteiger partial charge < -0.3 is 4.90 Å². The van der Waals surface area contributed by atoms with Crippen molar-refractivity contribution in [1.29, 1.82) is 0 Å². The molecule has 0 aliphatic carbocycles. The quantitative estimate of drug-likeness (QED) is 0.832. The van der Waals surface area contributed by atoms with E-state index in [1.54, 1.807) is 17.0 Å². The molecule has 0 bridgehead atoms. The molecule has 1 fully saturated rings. The van der Waals surface area contributed by atoms with Crippen LogP contribution < -0.4 is 0 Å². The molecule has 2 aromatic carbocycles. The van der Waals surface area contributed by atoms with E-state index in [4.69, 9.17) is 0 Å². The summed E-state index contributed by atoms with van der Waals surface area (Å²) < 4.78 is 27.6. The zero-order chi connectivity index (χ0) is 19.1. The Morgan fingerprint density at radius 2 is 1.46 bits per heavy atom. The second-order valence-corrected chi connectivity index (χ2v) is 8.86. The zero-order valence-corrected chi connectivity index (χ0v) is 16.4. The number of sulfonamides is 1. The minimum absolute atomic E-state index is 0.0851. The molecule has 0 radical (unpaired) electrons. The van der Waals surface area contributed by atoms with Gasteiger partial charge in [0.1, 0.15) is 0 Å². The molecule has 0 N–H and O–H groups in total. The molecule has 6 heteroatoms. The molecule has 1 amide bonds. The summed E-state index contributed by atoms with van der Waals surface area (Å²) in [6.45, 7) is 8.35. The molecular weight excluding hydrogens is 348 g/mol. The van der Waals surface area contributed by atoms with E-state index in [1.807, 2.05) is 52.0 Å². The van der Waals surface area contributed by atoms with Gasteiger partial charge in [0.15, 0.2) is 0 Å². The molecule has 0 unspecified atom stereocenters. The number of carbonyl (C=O) groups is 1. The van der Waals surface area contributed by atoms with Gasteiger partial charge in [0, 0.05) is 18.7 Å². The fourth-order valence-corrected chi connectivity index (χ4v) is 5.31. The standard InChI is InChI=1S/C20H24N2O3S/c1-14-5-7-18(8-6-14)20(23)21-9-10-22(13-21)26(24,25)19-16(3)11-15(2)12-17(19)4/h5-8,11-12H,9-10,13H2,1-4H3. The third-order valence-corrected chi connectivity index (χ3v) is 6.87. The average molecular weight is 372 g/mol. The number of carbonyl (C=O) groups excluding carboxylic acids is 1. The minimum Gasteiger partial charge on any atom is -0.323 e. The Morgan fingerprint density at radius 3 is 2.04 bits per heavy atom.